The minimum Gasteiger partial charge on any atom is -0.496 e. The summed E-state index contributed by atoms with van der Waals surface area (Å²) in [6.45, 7) is 0. The second kappa shape index (κ2) is 7.82. The van der Waals surface area contributed by atoms with Gasteiger partial charge in [0.1, 0.15) is 22.6 Å². The summed E-state index contributed by atoms with van der Waals surface area (Å²) in [4.78, 5) is 11.9. The number of amides is 1. The van der Waals surface area contributed by atoms with E-state index in [0.29, 0.717) is 27.6 Å². The summed E-state index contributed by atoms with van der Waals surface area (Å²) in [6.07, 6.45) is 0. The average Bonchev–Trinajstić information content (AvgIpc) is 2.94. The molecule has 0 unspecified atom stereocenters. The minimum absolute atomic E-state index is 0.195. The highest BCUT2D eigenvalue weighted by molar-refractivity contribution is 7.99. The molecule has 114 valence electrons. The summed E-state index contributed by atoms with van der Waals surface area (Å²) in [5.74, 6) is 0.739. The molecule has 1 N–H and O–H groups in total. The molecule has 0 fully saturated rings. The quantitative estimate of drug-likeness (QED) is 0.875. The highest BCUT2D eigenvalue weighted by Crippen LogP contribution is 2.25. The number of anilines is 1. The summed E-state index contributed by atoms with van der Waals surface area (Å²) in [5, 5.41) is 13.9. The van der Waals surface area contributed by atoms with E-state index in [1.54, 1.807) is 17.5 Å². The Bertz CT molecular complexity index is 710. The zero-order valence-corrected chi connectivity index (χ0v) is 13.4. The third kappa shape index (κ3) is 4.23. The van der Waals surface area contributed by atoms with Gasteiger partial charge in [-0.25, -0.2) is 4.39 Å². The molecule has 7 heteroatoms. The van der Waals surface area contributed by atoms with Crippen LogP contribution in [0, 0.1) is 17.1 Å². The first kappa shape index (κ1) is 16.3. The number of methoxy groups -OCH3 is 1. The fourth-order valence-corrected chi connectivity index (χ4v) is 3.33. The van der Waals surface area contributed by atoms with Crippen molar-refractivity contribution in [3.8, 4) is 11.8 Å². The fourth-order valence-electron chi connectivity index (χ4n) is 1.77. The second-order valence-corrected chi connectivity index (χ2v) is 6.17. The van der Waals surface area contributed by atoms with Crippen LogP contribution in [0.4, 0.5) is 9.39 Å². The normalized spacial score (nSPS) is 10.0. The molecule has 4 nitrogen and oxygen atoms in total. The van der Waals surface area contributed by atoms with Gasteiger partial charge < -0.3 is 10.1 Å². The van der Waals surface area contributed by atoms with Crippen LogP contribution in [0.3, 0.4) is 0 Å². The van der Waals surface area contributed by atoms with Crippen molar-refractivity contribution < 1.29 is 13.9 Å². The Hall–Kier alpha value is -2.04. The third-order valence-electron chi connectivity index (χ3n) is 2.77. The molecule has 0 saturated carbocycles. The zero-order valence-electron chi connectivity index (χ0n) is 11.8. The van der Waals surface area contributed by atoms with E-state index < -0.39 is 0 Å². The van der Waals surface area contributed by atoms with Crippen molar-refractivity contribution in [3.05, 3.63) is 46.6 Å². The van der Waals surface area contributed by atoms with E-state index in [4.69, 9.17) is 10.00 Å². The molecule has 0 radical (unpaired) electrons. The smallest absolute Gasteiger partial charge is 0.235 e. The number of carbonyl (C=O) groups is 1. The van der Waals surface area contributed by atoms with Crippen molar-refractivity contribution in [1.82, 2.24) is 0 Å². The first-order valence-electron chi connectivity index (χ1n) is 6.31. The topological polar surface area (TPSA) is 62.1 Å². The number of hydrogen-bond acceptors (Lipinski definition) is 5. The summed E-state index contributed by atoms with van der Waals surface area (Å²) in [7, 11) is 1.52. The predicted octanol–water partition coefficient (Wildman–Crippen LogP) is 3.64. The van der Waals surface area contributed by atoms with Gasteiger partial charge in [0.2, 0.25) is 5.91 Å². The van der Waals surface area contributed by atoms with Crippen molar-refractivity contribution >= 4 is 34.0 Å². The summed E-state index contributed by atoms with van der Waals surface area (Å²) in [6, 6.07) is 7.97. The average molecular weight is 336 g/mol. The van der Waals surface area contributed by atoms with Gasteiger partial charge >= 0.3 is 0 Å². The lowest BCUT2D eigenvalue weighted by Crippen LogP contribution is -2.14. The number of nitrogens with zero attached hydrogens (tertiary/aromatic N) is 1. The molecule has 0 atom stereocenters. The third-order valence-corrected chi connectivity index (χ3v) is 4.58. The number of ether oxygens (including phenoxy) is 1. The lowest BCUT2D eigenvalue weighted by molar-refractivity contribution is -0.113. The van der Waals surface area contributed by atoms with Gasteiger partial charge in [0, 0.05) is 11.3 Å². The summed E-state index contributed by atoms with van der Waals surface area (Å²) >= 11 is 2.66. The first-order valence-corrected chi connectivity index (χ1v) is 8.35. The van der Waals surface area contributed by atoms with Gasteiger partial charge in [0.05, 0.1) is 18.4 Å². The van der Waals surface area contributed by atoms with E-state index in [1.165, 1.54) is 42.3 Å². The molecule has 0 aliphatic carbocycles. The molecular weight excluding hydrogens is 323 g/mol. The van der Waals surface area contributed by atoms with Crippen LogP contribution in [-0.2, 0) is 10.5 Å². The van der Waals surface area contributed by atoms with E-state index >= 15 is 0 Å². The Labute approximate surface area is 135 Å². The van der Waals surface area contributed by atoms with Gasteiger partial charge in [0.15, 0.2) is 0 Å². The van der Waals surface area contributed by atoms with E-state index in [1.807, 2.05) is 6.07 Å². The largest absolute Gasteiger partial charge is 0.496 e. The van der Waals surface area contributed by atoms with E-state index in [2.05, 4.69) is 5.32 Å². The molecule has 1 amide bonds. The number of thiophene rings is 1. The monoisotopic (exact) mass is 336 g/mol. The number of halogens is 1. The van der Waals surface area contributed by atoms with Gasteiger partial charge in [-0.15, -0.1) is 23.1 Å². The van der Waals surface area contributed by atoms with Crippen LogP contribution in [0.1, 0.15) is 11.1 Å². The zero-order chi connectivity index (χ0) is 15.9. The van der Waals surface area contributed by atoms with Crippen LogP contribution in [0.15, 0.2) is 29.6 Å². The first-order chi connectivity index (χ1) is 10.6. The molecule has 1 heterocycles. The van der Waals surface area contributed by atoms with Crippen molar-refractivity contribution in [1.29, 1.82) is 5.26 Å². The number of nitriles is 1. The van der Waals surface area contributed by atoms with Gasteiger partial charge in [-0.3, -0.25) is 4.79 Å². The molecule has 2 aromatic rings. The molecule has 0 spiro atoms. The Kier molecular flexibility index (Phi) is 5.81. The second-order valence-electron chi connectivity index (χ2n) is 4.27. The lowest BCUT2D eigenvalue weighted by atomic mass is 10.2. The Balaban J connectivity index is 1.87. The van der Waals surface area contributed by atoms with Crippen molar-refractivity contribution in [3.63, 3.8) is 0 Å². The maximum Gasteiger partial charge on any atom is 0.235 e. The van der Waals surface area contributed by atoms with E-state index in [-0.39, 0.29) is 17.5 Å². The van der Waals surface area contributed by atoms with Crippen LogP contribution in [0.5, 0.6) is 5.75 Å². The van der Waals surface area contributed by atoms with Crippen LogP contribution in [0.25, 0.3) is 0 Å². The van der Waals surface area contributed by atoms with E-state index in [9.17, 15) is 9.18 Å². The molecule has 0 aliphatic heterocycles. The van der Waals surface area contributed by atoms with Gasteiger partial charge in [-0.1, -0.05) is 0 Å². The Morgan fingerprint density at radius 2 is 2.32 bits per heavy atom. The van der Waals surface area contributed by atoms with Crippen molar-refractivity contribution in [2.24, 2.45) is 0 Å². The standard InChI is InChI=1S/C15H13FN2O2S2/c1-20-13-3-2-12(16)6-11(13)8-21-9-14(19)18-15-10(7-17)4-5-22-15/h2-6H,8-9H2,1H3,(H,18,19). The van der Waals surface area contributed by atoms with Crippen LogP contribution >= 0.6 is 23.1 Å². The van der Waals surface area contributed by atoms with Crippen LogP contribution in [-0.4, -0.2) is 18.8 Å². The Morgan fingerprint density at radius 3 is 3.05 bits per heavy atom. The molecule has 0 aliphatic rings. The predicted molar refractivity (Wildman–Crippen MR) is 86.8 cm³/mol. The number of benzene rings is 1. The molecule has 1 aromatic heterocycles. The molecule has 0 saturated heterocycles. The number of carbonyl (C=O) groups excluding carboxylic acids is 1. The lowest BCUT2D eigenvalue weighted by Gasteiger charge is -2.08. The molecule has 2 rings (SSSR count). The summed E-state index contributed by atoms with van der Waals surface area (Å²) in [5.41, 5.74) is 1.16. The van der Waals surface area contributed by atoms with Gasteiger partial charge in [-0.05, 0) is 29.6 Å². The highest BCUT2D eigenvalue weighted by atomic mass is 32.2. The number of hydrogen-bond donors (Lipinski definition) is 1. The van der Waals surface area contributed by atoms with E-state index in [0.717, 1.165) is 0 Å². The molecule has 22 heavy (non-hydrogen) atoms. The number of nitrogens with one attached hydrogen (secondary N) is 1. The maximum atomic E-state index is 13.2. The summed E-state index contributed by atoms with van der Waals surface area (Å²) < 4.78 is 18.4. The van der Waals surface area contributed by atoms with Crippen molar-refractivity contribution in [2.45, 2.75) is 5.75 Å². The van der Waals surface area contributed by atoms with Crippen molar-refractivity contribution in [2.75, 3.05) is 18.2 Å². The van der Waals surface area contributed by atoms with Gasteiger partial charge in [0.25, 0.3) is 0 Å². The maximum absolute atomic E-state index is 13.2. The minimum atomic E-state index is -0.335. The molecular formula is C15H13FN2O2S2. The highest BCUT2D eigenvalue weighted by Gasteiger charge is 2.10. The van der Waals surface area contributed by atoms with Crippen LogP contribution < -0.4 is 10.1 Å². The van der Waals surface area contributed by atoms with Gasteiger partial charge in [-0.2, -0.15) is 5.26 Å². The SMILES string of the molecule is COc1ccc(F)cc1CSCC(=O)Nc1sccc1C#N. The fraction of sp³-hybridized carbons (Fsp3) is 0.200. The molecule has 0 bridgehead atoms. The Morgan fingerprint density at radius 1 is 1.50 bits per heavy atom. The number of thioether (sulfide) groups is 1. The number of rotatable bonds is 6. The molecule has 1 aromatic carbocycles. The van der Waals surface area contributed by atoms with Crippen LogP contribution in [0.2, 0.25) is 0 Å².